The molecule has 1 heterocycles. The summed E-state index contributed by atoms with van der Waals surface area (Å²) in [5.41, 5.74) is 1.37. The Morgan fingerprint density at radius 2 is 1.78 bits per heavy atom. The second-order valence-corrected chi connectivity index (χ2v) is 7.48. The van der Waals surface area contributed by atoms with Crippen LogP contribution in [0.5, 0.6) is 0 Å². The van der Waals surface area contributed by atoms with Crippen LogP contribution in [-0.4, -0.2) is 27.5 Å². The number of benzene rings is 1. The lowest BCUT2D eigenvalue weighted by molar-refractivity contribution is -0.159. The molecule has 27 heavy (non-hydrogen) atoms. The van der Waals surface area contributed by atoms with Crippen molar-refractivity contribution >= 4 is 5.91 Å². The first kappa shape index (κ1) is 18.0. The minimum Gasteiger partial charge on any atom is -0.338 e. The molecule has 4 rings (SSSR count). The van der Waals surface area contributed by atoms with Gasteiger partial charge in [-0.2, -0.15) is 18.2 Å². The van der Waals surface area contributed by atoms with Gasteiger partial charge in [-0.25, -0.2) is 0 Å². The van der Waals surface area contributed by atoms with Crippen molar-refractivity contribution in [2.45, 2.75) is 44.8 Å². The van der Waals surface area contributed by atoms with Gasteiger partial charge in [-0.1, -0.05) is 29.4 Å². The highest BCUT2D eigenvalue weighted by atomic mass is 19.4. The largest absolute Gasteiger partial charge is 0.471 e. The third-order valence-electron chi connectivity index (χ3n) is 4.94. The number of hydrogen-bond donors (Lipinski definition) is 0. The van der Waals surface area contributed by atoms with E-state index in [0.717, 1.165) is 24.9 Å². The summed E-state index contributed by atoms with van der Waals surface area (Å²) in [6.07, 6.45) is 0.589. The van der Waals surface area contributed by atoms with Gasteiger partial charge in [0.1, 0.15) is 0 Å². The number of nitrogens with zero attached hydrogens (tertiary/aromatic N) is 3. The van der Waals surface area contributed by atoms with E-state index in [1.54, 1.807) is 24.3 Å². The summed E-state index contributed by atoms with van der Waals surface area (Å²) in [5.74, 6) is -0.118. The maximum Gasteiger partial charge on any atom is 0.471 e. The minimum absolute atomic E-state index is 0.103. The standard InChI is InChI=1S/C19H20F3N3O2/c20-19(21,22)18-23-17(24-27-18)15-7-5-14(6-8-15)11-25(10-13-3-4-13)16(26)9-12-1-2-12/h5-8,12-13H,1-4,9-11H2. The molecule has 2 aliphatic carbocycles. The highest BCUT2D eigenvalue weighted by molar-refractivity contribution is 5.76. The molecule has 2 fully saturated rings. The van der Waals surface area contributed by atoms with Gasteiger partial charge < -0.3 is 9.42 Å². The molecular weight excluding hydrogens is 359 g/mol. The molecule has 0 bridgehead atoms. The van der Waals surface area contributed by atoms with Gasteiger partial charge in [-0.15, -0.1) is 0 Å². The third kappa shape index (κ3) is 4.67. The number of carbonyl (C=O) groups is 1. The summed E-state index contributed by atoms with van der Waals surface area (Å²) >= 11 is 0. The van der Waals surface area contributed by atoms with Crippen LogP contribution >= 0.6 is 0 Å². The van der Waals surface area contributed by atoms with Crippen LogP contribution in [0.3, 0.4) is 0 Å². The second kappa shape index (κ2) is 6.98. The Morgan fingerprint density at radius 3 is 2.33 bits per heavy atom. The SMILES string of the molecule is O=C(CC1CC1)N(Cc1ccc(-c2noc(C(F)(F)F)n2)cc1)CC1CC1. The van der Waals surface area contributed by atoms with E-state index in [-0.39, 0.29) is 11.7 Å². The van der Waals surface area contributed by atoms with Gasteiger partial charge in [0.15, 0.2) is 0 Å². The molecule has 2 aliphatic rings. The zero-order valence-corrected chi connectivity index (χ0v) is 14.7. The summed E-state index contributed by atoms with van der Waals surface area (Å²) in [5, 5.41) is 3.39. The maximum atomic E-state index is 12.6. The monoisotopic (exact) mass is 379 g/mol. The number of carbonyl (C=O) groups excluding carboxylic acids is 1. The Morgan fingerprint density at radius 1 is 1.11 bits per heavy atom. The van der Waals surface area contributed by atoms with Crippen LogP contribution < -0.4 is 0 Å². The lowest BCUT2D eigenvalue weighted by Crippen LogP contribution is -2.32. The Hall–Kier alpha value is -2.38. The molecule has 0 spiro atoms. The number of halogens is 3. The Kier molecular flexibility index (Phi) is 4.65. The average Bonchev–Trinajstić information content (AvgIpc) is 3.55. The predicted molar refractivity (Wildman–Crippen MR) is 90.2 cm³/mol. The predicted octanol–water partition coefficient (Wildman–Crippen LogP) is 4.29. The van der Waals surface area contributed by atoms with Gasteiger partial charge in [0.05, 0.1) is 0 Å². The molecular formula is C19H20F3N3O2. The molecule has 0 radical (unpaired) electrons. The quantitative estimate of drug-likeness (QED) is 0.720. The van der Waals surface area contributed by atoms with Crippen LogP contribution in [0.15, 0.2) is 28.8 Å². The Bertz CT molecular complexity index is 808. The smallest absolute Gasteiger partial charge is 0.338 e. The van der Waals surface area contributed by atoms with Crippen LogP contribution in [-0.2, 0) is 17.5 Å². The van der Waals surface area contributed by atoms with Crippen LogP contribution in [0.1, 0.15) is 43.6 Å². The first-order valence-electron chi connectivity index (χ1n) is 9.16. The number of hydrogen-bond acceptors (Lipinski definition) is 4. The molecule has 0 atom stereocenters. The fourth-order valence-electron chi connectivity index (χ4n) is 3.00. The zero-order chi connectivity index (χ0) is 19.0. The van der Waals surface area contributed by atoms with E-state index in [9.17, 15) is 18.0 Å². The van der Waals surface area contributed by atoms with Gasteiger partial charge >= 0.3 is 12.1 Å². The van der Waals surface area contributed by atoms with Crippen LogP contribution in [0, 0.1) is 11.8 Å². The van der Waals surface area contributed by atoms with E-state index in [4.69, 9.17) is 0 Å². The lowest BCUT2D eigenvalue weighted by atomic mass is 10.1. The number of aromatic nitrogens is 2. The maximum absolute atomic E-state index is 12.6. The van der Waals surface area contributed by atoms with Crippen LogP contribution in [0.2, 0.25) is 0 Å². The van der Waals surface area contributed by atoms with E-state index in [2.05, 4.69) is 14.7 Å². The van der Waals surface area contributed by atoms with Crippen molar-refractivity contribution in [3.05, 3.63) is 35.7 Å². The van der Waals surface area contributed by atoms with Crippen molar-refractivity contribution in [2.75, 3.05) is 6.54 Å². The second-order valence-electron chi connectivity index (χ2n) is 7.48. The van der Waals surface area contributed by atoms with Gasteiger partial charge in [-0.05, 0) is 43.1 Å². The first-order valence-corrected chi connectivity index (χ1v) is 9.16. The number of alkyl halides is 3. The van der Waals surface area contributed by atoms with Crippen molar-refractivity contribution in [1.29, 1.82) is 0 Å². The first-order chi connectivity index (χ1) is 12.9. The third-order valence-corrected chi connectivity index (χ3v) is 4.94. The van der Waals surface area contributed by atoms with Gasteiger partial charge in [0, 0.05) is 25.1 Å². The topological polar surface area (TPSA) is 59.2 Å². The molecule has 1 aromatic heterocycles. The summed E-state index contributed by atoms with van der Waals surface area (Å²) < 4.78 is 42.0. The molecule has 1 aromatic carbocycles. The fraction of sp³-hybridized carbons (Fsp3) is 0.526. The van der Waals surface area contributed by atoms with Gasteiger partial charge in [0.2, 0.25) is 11.7 Å². The van der Waals surface area contributed by atoms with E-state index in [1.807, 2.05) is 4.90 Å². The van der Waals surface area contributed by atoms with Crippen molar-refractivity contribution in [1.82, 2.24) is 15.0 Å². The fourth-order valence-corrected chi connectivity index (χ4v) is 3.00. The lowest BCUT2D eigenvalue weighted by Gasteiger charge is -2.23. The summed E-state index contributed by atoms with van der Waals surface area (Å²) in [6, 6.07) is 6.90. The van der Waals surface area contributed by atoms with E-state index >= 15 is 0 Å². The Labute approximate surface area is 154 Å². The highest BCUT2D eigenvalue weighted by Gasteiger charge is 2.38. The summed E-state index contributed by atoms with van der Waals surface area (Å²) in [7, 11) is 0. The summed E-state index contributed by atoms with van der Waals surface area (Å²) in [6.45, 7) is 1.30. The van der Waals surface area contributed by atoms with Crippen LogP contribution in [0.25, 0.3) is 11.4 Å². The molecule has 0 unspecified atom stereocenters. The van der Waals surface area contributed by atoms with Crippen LogP contribution in [0.4, 0.5) is 13.2 Å². The average molecular weight is 379 g/mol. The zero-order valence-electron chi connectivity index (χ0n) is 14.7. The number of amides is 1. The van der Waals surface area contributed by atoms with Gasteiger partial charge in [-0.3, -0.25) is 4.79 Å². The van der Waals surface area contributed by atoms with Crippen molar-refractivity contribution in [2.24, 2.45) is 11.8 Å². The summed E-state index contributed by atoms with van der Waals surface area (Å²) in [4.78, 5) is 17.8. The van der Waals surface area contributed by atoms with E-state index in [0.29, 0.717) is 30.4 Å². The number of rotatable bonds is 7. The molecule has 1 amide bonds. The normalized spacial score (nSPS) is 17.1. The van der Waals surface area contributed by atoms with Crippen molar-refractivity contribution in [3.8, 4) is 11.4 Å². The molecule has 0 saturated heterocycles. The molecule has 2 aromatic rings. The minimum atomic E-state index is -4.66. The van der Waals surface area contributed by atoms with Crippen molar-refractivity contribution in [3.63, 3.8) is 0 Å². The van der Waals surface area contributed by atoms with E-state index in [1.165, 1.54) is 12.8 Å². The molecule has 2 saturated carbocycles. The van der Waals surface area contributed by atoms with Gasteiger partial charge in [0.25, 0.3) is 0 Å². The van der Waals surface area contributed by atoms with Crippen molar-refractivity contribution < 1.29 is 22.5 Å². The highest BCUT2D eigenvalue weighted by Crippen LogP contribution is 2.35. The molecule has 5 nitrogen and oxygen atoms in total. The molecule has 0 aliphatic heterocycles. The molecule has 0 N–H and O–H groups in total. The molecule has 144 valence electrons. The Balaban J connectivity index is 1.43. The molecule has 8 heteroatoms. The van der Waals surface area contributed by atoms with E-state index < -0.39 is 12.1 Å².